The number of benzene rings is 1. The molecule has 0 saturated heterocycles. The van der Waals surface area contributed by atoms with E-state index in [1.165, 1.54) is 0 Å². The summed E-state index contributed by atoms with van der Waals surface area (Å²) in [5.41, 5.74) is 3.92. The lowest BCUT2D eigenvalue weighted by molar-refractivity contribution is 0.432. The van der Waals surface area contributed by atoms with Crippen LogP contribution in [0.15, 0.2) is 53.3 Å². The maximum Gasteiger partial charge on any atom is 0.259 e. The minimum absolute atomic E-state index is 0.489. The summed E-state index contributed by atoms with van der Waals surface area (Å²) in [6.07, 6.45) is 5.76. The minimum Gasteiger partial charge on any atom is -0.361 e. The number of aromatic nitrogens is 4. The average Bonchev–Trinajstić information content (AvgIpc) is 3.25. The van der Waals surface area contributed by atoms with Gasteiger partial charge in [-0.05, 0) is 30.7 Å². The van der Waals surface area contributed by atoms with E-state index >= 15 is 0 Å². The Morgan fingerprint density at radius 1 is 1.13 bits per heavy atom. The molecule has 0 aliphatic heterocycles. The zero-order valence-electron chi connectivity index (χ0n) is 12.8. The molecule has 3 heterocycles. The van der Waals surface area contributed by atoms with Crippen LogP contribution < -0.4 is 0 Å². The lowest BCUT2D eigenvalue weighted by Crippen LogP contribution is -1.89. The minimum atomic E-state index is 0.489. The fraction of sp³-hybridized carbons (Fsp3) is 0.167. The van der Waals surface area contributed by atoms with Gasteiger partial charge in [0.05, 0.1) is 5.56 Å². The predicted molar refractivity (Wildman–Crippen MR) is 88.8 cm³/mol. The third-order valence-electron chi connectivity index (χ3n) is 3.84. The molecule has 0 unspecified atom stereocenters. The molecule has 3 aromatic heterocycles. The van der Waals surface area contributed by atoms with E-state index in [1.54, 1.807) is 6.20 Å². The highest BCUT2D eigenvalue weighted by molar-refractivity contribution is 5.93. The van der Waals surface area contributed by atoms with Gasteiger partial charge < -0.3 is 9.51 Å². The topological polar surface area (TPSA) is 67.6 Å². The molecule has 0 spiro atoms. The molecule has 0 fully saturated rings. The average molecular weight is 304 g/mol. The van der Waals surface area contributed by atoms with E-state index in [-0.39, 0.29) is 0 Å². The van der Waals surface area contributed by atoms with Gasteiger partial charge in [-0.1, -0.05) is 30.6 Å². The molecular formula is C18H16N4O. The molecule has 5 nitrogen and oxygen atoms in total. The van der Waals surface area contributed by atoms with Crippen molar-refractivity contribution in [2.45, 2.75) is 19.8 Å². The van der Waals surface area contributed by atoms with Crippen LogP contribution >= 0.6 is 0 Å². The summed E-state index contributed by atoms with van der Waals surface area (Å²) in [5, 5.41) is 5.20. The number of hydrogen-bond donors (Lipinski definition) is 1. The molecule has 0 amide bonds. The number of aryl methyl sites for hydroxylation is 1. The molecule has 0 radical (unpaired) electrons. The molecule has 1 N–H and O–H groups in total. The number of aromatic amines is 1. The first-order valence-electron chi connectivity index (χ1n) is 7.70. The lowest BCUT2D eigenvalue weighted by atomic mass is 10.1. The molecule has 1 aromatic carbocycles. The zero-order valence-corrected chi connectivity index (χ0v) is 12.8. The fourth-order valence-electron chi connectivity index (χ4n) is 2.69. The monoisotopic (exact) mass is 304 g/mol. The van der Waals surface area contributed by atoms with E-state index in [9.17, 15) is 0 Å². The van der Waals surface area contributed by atoms with Crippen molar-refractivity contribution in [3.05, 3.63) is 54.5 Å². The van der Waals surface area contributed by atoms with E-state index in [1.807, 2.05) is 42.6 Å². The van der Waals surface area contributed by atoms with Gasteiger partial charge in [0, 0.05) is 34.6 Å². The van der Waals surface area contributed by atoms with Crippen LogP contribution in [0.5, 0.6) is 0 Å². The van der Waals surface area contributed by atoms with Crippen LogP contribution in [0.3, 0.4) is 0 Å². The summed E-state index contributed by atoms with van der Waals surface area (Å²) < 4.78 is 5.42. The van der Waals surface area contributed by atoms with Crippen molar-refractivity contribution in [3.63, 3.8) is 0 Å². The fourth-order valence-corrected chi connectivity index (χ4v) is 2.69. The number of fused-ring (bicyclic) bond motifs is 1. The maximum absolute atomic E-state index is 5.42. The Morgan fingerprint density at radius 2 is 2.09 bits per heavy atom. The van der Waals surface area contributed by atoms with Crippen molar-refractivity contribution in [1.29, 1.82) is 0 Å². The third kappa shape index (κ3) is 2.50. The molecule has 4 aromatic rings. The molecule has 23 heavy (non-hydrogen) atoms. The molecular weight excluding hydrogens is 288 g/mol. The van der Waals surface area contributed by atoms with Gasteiger partial charge in [0.2, 0.25) is 5.82 Å². The Balaban J connectivity index is 1.70. The van der Waals surface area contributed by atoms with Crippen molar-refractivity contribution in [2.24, 2.45) is 0 Å². The van der Waals surface area contributed by atoms with Crippen molar-refractivity contribution in [3.8, 4) is 22.8 Å². The van der Waals surface area contributed by atoms with Gasteiger partial charge in [-0.2, -0.15) is 4.98 Å². The molecule has 0 saturated carbocycles. The lowest BCUT2D eigenvalue weighted by Gasteiger charge is -1.98. The first-order chi connectivity index (χ1) is 11.3. The molecule has 4 rings (SSSR count). The molecule has 0 bridgehead atoms. The Morgan fingerprint density at radius 3 is 2.91 bits per heavy atom. The van der Waals surface area contributed by atoms with Gasteiger partial charge in [-0.25, -0.2) is 0 Å². The van der Waals surface area contributed by atoms with Crippen molar-refractivity contribution < 1.29 is 4.52 Å². The largest absolute Gasteiger partial charge is 0.361 e. The summed E-state index contributed by atoms with van der Waals surface area (Å²) >= 11 is 0. The van der Waals surface area contributed by atoms with Crippen LogP contribution in [-0.4, -0.2) is 20.1 Å². The quantitative estimate of drug-likeness (QED) is 0.612. The standard InChI is InChI=1S/C18H16N4O/c1-2-4-13-8-7-12(11-20-13)18-21-17(22-23-18)15-5-3-6-16-14(15)9-10-19-16/h3,5-11,19H,2,4H2,1H3. The molecule has 0 atom stereocenters. The Hall–Kier alpha value is -2.95. The second-order valence-corrected chi connectivity index (χ2v) is 5.46. The van der Waals surface area contributed by atoms with Crippen LogP contribution in [0.4, 0.5) is 0 Å². The van der Waals surface area contributed by atoms with Crippen LogP contribution in [0.25, 0.3) is 33.7 Å². The first-order valence-corrected chi connectivity index (χ1v) is 7.70. The van der Waals surface area contributed by atoms with Crippen molar-refractivity contribution >= 4 is 10.9 Å². The molecule has 0 aliphatic carbocycles. The number of nitrogens with one attached hydrogen (secondary N) is 1. The van der Waals surface area contributed by atoms with Gasteiger partial charge in [-0.15, -0.1) is 0 Å². The van der Waals surface area contributed by atoms with Gasteiger partial charge in [0.1, 0.15) is 0 Å². The Labute approximate surface area is 133 Å². The van der Waals surface area contributed by atoms with Gasteiger partial charge >= 0.3 is 0 Å². The molecule has 114 valence electrons. The third-order valence-corrected chi connectivity index (χ3v) is 3.84. The Kier molecular flexibility index (Phi) is 3.38. The van der Waals surface area contributed by atoms with E-state index in [4.69, 9.17) is 4.52 Å². The van der Waals surface area contributed by atoms with Crippen LogP contribution in [-0.2, 0) is 6.42 Å². The normalized spacial score (nSPS) is 11.2. The maximum atomic E-state index is 5.42. The highest BCUT2D eigenvalue weighted by Gasteiger charge is 2.13. The summed E-state index contributed by atoms with van der Waals surface area (Å²) in [4.78, 5) is 12.2. The SMILES string of the molecule is CCCc1ccc(-c2nc(-c3cccc4[nH]ccc34)no2)cn1. The summed E-state index contributed by atoms with van der Waals surface area (Å²) in [7, 11) is 0. The van der Waals surface area contributed by atoms with Crippen LogP contribution in [0, 0.1) is 0 Å². The van der Waals surface area contributed by atoms with E-state index < -0.39 is 0 Å². The predicted octanol–water partition coefficient (Wildman–Crippen LogP) is 4.23. The van der Waals surface area contributed by atoms with Gasteiger partial charge in [-0.3, -0.25) is 4.98 Å². The summed E-state index contributed by atoms with van der Waals surface area (Å²) in [6.45, 7) is 2.14. The van der Waals surface area contributed by atoms with Crippen LogP contribution in [0.2, 0.25) is 0 Å². The highest BCUT2D eigenvalue weighted by atomic mass is 16.5. The van der Waals surface area contributed by atoms with Crippen molar-refractivity contribution in [2.75, 3.05) is 0 Å². The van der Waals surface area contributed by atoms with E-state index in [0.717, 1.165) is 40.6 Å². The number of hydrogen-bond acceptors (Lipinski definition) is 4. The Bertz CT molecular complexity index is 937. The zero-order chi connectivity index (χ0) is 15.6. The van der Waals surface area contributed by atoms with Crippen molar-refractivity contribution in [1.82, 2.24) is 20.1 Å². The second-order valence-electron chi connectivity index (χ2n) is 5.46. The first kappa shape index (κ1) is 13.7. The summed E-state index contributed by atoms with van der Waals surface area (Å²) in [6, 6.07) is 12.0. The number of nitrogens with zero attached hydrogens (tertiary/aromatic N) is 3. The number of rotatable bonds is 4. The second kappa shape index (κ2) is 5.68. The van der Waals surface area contributed by atoms with E-state index in [2.05, 4.69) is 27.0 Å². The summed E-state index contributed by atoms with van der Waals surface area (Å²) in [5.74, 6) is 1.07. The number of H-pyrrole nitrogens is 1. The molecule has 0 aliphatic rings. The van der Waals surface area contributed by atoms with Gasteiger partial charge in [0.25, 0.3) is 5.89 Å². The smallest absolute Gasteiger partial charge is 0.259 e. The van der Waals surface area contributed by atoms with Crippen LogP contribution in [0.1, 0.15) is 19.0 Å². The molecule has 5 heteroatoms. The highest BCUT2D eigenvalue weighted by Crippen LogP contribution is 2.27. The van der Waals surface area contributed by atoms with Gasteiger partial charge in [0.15, 0.2) is 0 Å². The van der Waals surface area contributed by atoms with E-state index in [0.29, 0.717) is 11.7 Å². The number of pyridine rings is 1.